The highest BCUT2D eigenvalue weighted by Crippen LogP contribution is 2.32. The van der Waals surface area contributed by atoms with Crippen LogP contribution in [0.1, 0.15) is 49.6 Å². The molecule has 0 unspecified atom stereocenters. The normalized spacial score (nSPS) is 12.3. The fourth-order valence-electron chi connectivity index (χ4n) is 4.38. The van der Waals surface area contributed by atoms with Gasteiger partial charge < -0.3 is 4.74 Å². The topological polar surface area (TPSA) is 35.0 Å². The highest BCUT2D eigenvalue weighted by molar-refractivity contribution is 5.72. The van der Waals surface area contributed by atoms with Gasteiger partial charge in [0.15, 0.2) is 17.5 Å². The maximum Gasteiger partial charge on any atom is 0.573 e. The minimum atomic E-state index is -5.24. The number of alkyl halides is 3. The second kappa shape index (κ2) is 13.8. The molecule has 0 aliphatic carbocycles. The lowest BCUT2D eigenvalue weighted by Gasteiger charge is -2.12. The van der Waals surface area contributed by atoms with Crippen LogP contribution in [0, 0.1) is 17.5 Å². The van der Waals surface area contributed by atoms with E-state index < -0.39 is 41.2 Å². The van der Waals surface area contributed by atoms with Crippen LogP contribution in [0.3, 0.4) is 0 Å². The van der Waals surface area contributed by atoms with Gasteiger partial charge in [-0.25, -0.2) is 31.9 Å². The molecule has 1 heterocycles. The van der Waals surface area contributed by atoms with Gasteiger partial charge in [-0.1, -0.05) is 56.2 Å². The van der Waals surface area contributed by atoms with Gasteiger partial charge >= 0.3 is 6.36 Å². The molecule has 0 spiro atoms. The smallest absolute Gasteiger partial charge is 0.399 e. The summed E-state index contributed by atoms with van der Waals surface area (Å²) in [6.07, 6.45) is -0.0434. The Labute approximate surface area is 242 Å². The van der Waals surface area contributed by atoms with Gasteiger partial charge in [-0.3, -0.25) is 0 Å². The molecule has 0 bridgehead atoms. The van der Waals surface area contributed by atoms with E-state index in [0.717, 1.165) is 25.0 Å². The van der Waals surface area contributed by atoms with Crippen LogP contribution in [-0.2, 0) is 12.8 Å². The summed E-state index contributed by atoms with van der Waals surface area (Å²) in [5.41, 5.74) is 1.87. The van der Waals surface area contributed by atoms with E-state index in [4.69, 9.17) is 0 Å². The van der Waals surface area contributed by atoms with E-state index in [2.05, 4.69) is 14.7 Å². The maximum absolute atomic E-state index is 15.0. The highest BCUT2D eigenvalue weighted by Gasteiger charge is 2.34. The summed E-state index contributed by atoms with van der Waals surface area (Å²) >= 11 is 0. The quantitative estimate of drug-likeness (QED) is 0.126. The molecule has 3 nitrogen and oxygen atoms in total. The zero-order valence-electron chi connectivity index (χ0n) is 22.9. The summed E-state index contributed by atoms with van der Waals surface area (Å²) in [7, 11) is 0. The molecule has 0 aliphatic heterocycles. The monoisotopic (exact) mass is 606 g/mol. The molecule has 11 heteroatoms. The molecule has 43 heavy (non-hydrogen) atoms. The van der Waals surface area contributed by atoms with E-state index >= 15 is 4.39 Å². The van der Waals surface area contributed by atoms with Gasteiger partial charge in [0.25, 0.3) is 0 Å². The average molecular weight is 607 g/mol. The lowest BCUT2D eigenvalue weighted by atomic mass is 9.99. The molecule has 0 saturated carbocycles. The summed E-state index contributed by atoms with van der Waals surface area (Å²) < 4.78 is 112. The summed E-state index contributed by atoms with van der Waals surface area (Å²) in [5, 5.41) is 0. The van der Waals surface area contributed by atoms with Gasteiger partial charge in [0.05, 0.1) is 0 Å². The lowest BCUT2D eigenvalue weighted by Crippen LogP contribution is -2.19. The van der Waals surface area contributed by atoms with Crippen molar-refractivity contribution in [2.45, 2.75) is 51.8 Å². The molecule has 1 aromatic heterocycles. The van der Waals surface area contributed by atoms with Crippen molar-refractivity contribution < 1.29 is 39.9 Å². The van der Waals surface area contributed by atoms with Gasteiger partial charge in [0.1, 0.15) is 17.5 Å². The first-order chi connectivity index (χ1) is 20.4. The van der Waals surface area contributed by atoms with Gasteiger partial charge in [-0.15, -0.1) is 13.2 Å². The van der Waals surface area contributed by atoms with Crippen molar-refractivity contribution >= 4 is 5.83 Å². The lowest BCUT2D eigenvalue weighted by molar-refractivity contribution is -0.276. The number of aryl methyl sites for hydroxylation is 2. The van der Waals surface area contributed by atoms with Crippen molar-refractivity contribution in [3.63, 3.8) is 0 Å². The predicted octanol–water partition coefficient (Wildman–Crippen LogP) is 10.1. The highest BCUT2D eigenvalue weighted by atomic mass is 19.4. The second-order valence-corrected chi connectivity index (χ2v) is 9.77. The molecule has 0 saturated heterocycles. The number of benzene rings is 3. The van der Waals surface area contributed by atoms with Crippen LogP contribution in [0.15, 0.2) is 72.8 Å². The molecule has 4 rings (SSSR count). The van der Waals surface area contributed by atoms with Crippen LogP contribution >= 0.6 is 0 Å². The van der Waals surface area contributed by atoms with E-state index in [1.54, 1.807) is 18.2 Å². The van der Waals surface area contributed by atoms with E-state index in [0.29, 0.717) is 23.1 Å². The Bertz CT molecular complexity index is 1560. The number of aromatic nitrogens is 2. The molecule has 0 radical (unpaired) electrons. The number of hydrogen-bond donors (Lipinski definition) is 0. The fourth-order valence-corrected chi connectivity index (χ4v) is 4.38. The summed E-state index contributed by atoms with van der Waals surface area (Å²) in [4.78, 5) is 8.31. The first kappa shape index (κ1) is 31.7. The molecule has 3 aromatic carbocycles. The standard InChI is InChI=1S/C32H26F8N2O/c1-2-3-4-5-25(33)30(37)21-9-7-20(8-10-21)22-11-12-24(26(34)16-22)23-17-41-29(42-18-23)13-6-19-14-27(35)31(28(36)15-19)43-32(38,39)40/h7-12,14-18H,2-6,13H2,1H3/b30-25+. The average Bonchev–Trinajstić information content (AvgIpc) is 2.97. The maximum atomic E-state index is 15.0. The summed E-state index contributed by atoms with van der Waals surface area (Å²) in [6.45, 7) is 1.98. The summed E-state index contributed by atoms with van der Waals surface area (Å²) in [5.74, 6) is -6.51. The Morgan fingerprint density at radius 3 is 1.95 bits per heavy atom. The van der Waals surface area contributed by atoms with Crippen molar-refractivity contribution in [3.8, 4) is 28.0 Å². The number of unbranched alkanes of at least 4 members (excludes halogenated alkanes) is 2. The third kappa shape index (κ3) is 8.39. The van der Waals surface area contributed by atoms with E-state index in [1.807, 2.05) is 6.92 Å². The molecular formula is C32H26F8N2O. The van der Waals surface area contributed by atoms with Crippen molar-refractivity contribution in [2.24, 2.45) is 0 Å². The number of allylic oxidation sites excluding steroid dienone is 1. The van der Waals surface area contributed by atoms with E-state index in [1.165, 1.54) is 36.7 Å². The first-order valence-corrected chi connectivity index (χ1v) is 13.4. The zero-order valence-corrected chi connectivity index (χ0v) is 22.9. The molecule has 0 fully saturated rings. The molecule has 4 aromatic rings. The van der Waals surface area contributed by atoms with Gasteiger partial charge in [-0.05, 0) is 47.7 Å². The van der Waals surface area contributed by atoms with Gasteiger partial charge in [0.2, 0.25) is 5.75 Å². The molecule has 0 N–H and O–H groups in total. The third-order valence-electron chi connectivity index (χ3n) is 6.61. The largest absolute Gasteiger partial charge is 0.573 e. The Hall–Kier alpha value is -4.28. The Balaban J connectivity index is 1.41. The first-order valence-electron chi connectivity index (χ1n) is 13.4. The van der Waals surface area contributed by atoms with E-state index in [-0.39, 0.29) is 41.8 Å². The van der Waals surface area contributed by atoms with Gasteiger partial charge in [0, 0.05) is 41.9 Å². The Kier molecular flexibility index (Phi) is 10.2. The third-order valence-corrected chi connectivity index (χ3v) is 6.61. The zero-order chi connectivity index (χ0) is 31.1. The Morgan fingerprint density at radius 1 is 0.744 bits per heavy atom. The van der Waals surface area contributed by atoms with Crippen molar-refractivity contribution in [1.82, 2.24) is 9.97 Å². The number of rotatable bonds is 11. The number of nitrogens with zero attached hydrogens (tertiary/aromatic N) is 2. The Morgan fingerprint density at radius 2 is 1.37 bits per heavy atom. The van der Waals surface area contributed by atoms with Crippen LogP contribution in [0.5, 0.6) is 5.75 Å². The predicted molar refractivity (Wildman–Crippen MR) is 147 cm³/mol. The van der Waals surface area contributed by atoms with Crippen LogP contribution in [0.2, 0.25) is 0 Å². The minimum absolute atomic E-state index is 0.0204. The van der Waals surface area contributed by atoms with Gasteiger partial charge in [-0.2, -0.15) is 0 Å². The van der Waals surface area contributed by atoms with E-state index in [9.17, 15) is 30.7 Å². The van der Waals surface area contributed by atoms with Crippen molar-refractivity contribution in [1.29, 1.82) is 0 Å². The van der Waals surface area contributed by atoms with Crippen molar-refractivity contribution in [2.75, 3.05) is 0 Å². The SMILES string of the molecule is CCCCC/C(F)=C(\F)c1ccc(-c2ccc(-c3cnc(CCc4cc(F)c(OC(F)(F)F)c(F)c4)nc3)c(F)c2)cc1. The van der Waals surface area contributed by atoms with Crippen LogP contribution in [0.25, 0.3) is 28.1 Å². The van der Waals surface area contributed by atoms with Crippen LogP contribution in [-0.4, -0.2) is 16.3 Å². The minimum Gasteiger partial charge on any atom is -0.399 e. The molecular weight excluding hydrogens is 580 g/mol. The molecule has 0 atom stereocenters. The second-order valence-electron chi connectivity index (χ2n) is 9.77. The summed E-state index contributed by atoms with van der Waals surface area (Å²) in [6, 6.07) is 12.0. The fraction of sp³-hybridized carbons (Fsp3) is 0.250. The molecule has 0 aliphatic rings. The molecule has 226 valence electrons. The van der Waals surface area contributed by atoms with Crippen molar-refractivity contribution in [3.05, 3.63) is 107 Å². The van der Waals surface area contributed by atoms with Crippen LogP contribution < -0.4 is 4.74 Å². The van der Waals surface area contributed by atoms with Crippen LogP contribution in [0.4, 0.5) is 35.1 Å². The molecule has 0 amide bonds. The number of ether oxygens (including phenoxy) is 1. The number of halogens is 8. The number of hydrogen-bond acceptors (Lipinski definition) is 3.